The number of ether oxygens (including phenoxy) is 1. The van der Waals surface area contributed by atoms with Crippen LogP contribution < -0.4 is 5.73 Å². The van der Waals surface area contributed by atoms with Gasteiger partial charge in [0.25, 0.3) is 0 Å². The van der Waals surface area contributed by atoms with Crippen molar-refractivity contribution in [2.24, 2.45) is 0 Å². The summed E-state index contributed by atoms with van der Waals surface area (Å²) in [7, 11) is 0. The van der Waals surface area contributed by atoms with Crippen LogP contribution in [0.4, 0.5) is 5.95 Å². The number of carbonyl (C=O) groups excluding carboxylic acids is 1. The Labute approximate surface area is 98.0 Å². The minimum Gasteiger partial charge on any atom is -0.394 e. The molecule has 8 heteroatoms. The van der Waals surface area contributed by atoms with E-state index in [2.05, 4.69) is 10.1 Å². The summed E-state index contributed by atoms with van der Waals surface area (Å²) in [6, 6.07) is -0.280. The molecule has 1 aromatic heterocycles. The highest BCUT2D eigenvalue weighted by Gasteiger charge is 2.26. The van der Waals surface area contributed by atoms with Gasteiger partial charge in [-0.2, -0.15) is 0 Å². The van der Waals surface area contributed by atoms with Crippen molar-refractivity contribution in [2.45, 2.75) is 12.6 Å². The van der Waals surface area contributed by atoms with Gasteiger partial charge in [0, 0.05) is 6.54 Å². The first-order valence-corrected chi connectivity index (χ1v) is 5.33. The van der Waals surface area contributed by atoms with E-state index in [1.165, 1.54) is 11.0 Å². The Balaban J connectivity index is 1.98. The molecule has 1 aliphatic rings. The number of amides is 1. The molecule has 1 fully saturated rings. The van der Waals surface area contributed by atoms with Gasteiger partial charge in [0.1, 0.15) is 12.9 Å². The van der Waals surface area contributed by atoms with E-state index in [9.17, 15) is 4.79 Å². The fourth-order valence-corrected chi connectivity index (χ4v) is 1.75. The molecule has 0 aromatic carbocycles. The van der Waals surface area contributed by atoms with Gasteiger partial charge < -0.3 is 20.5 Å². The van der Waals surface area contributed by atoms with Crippen LogP contribution in [0, 0.1) is 0 Å². The first-order chi connectivity index (χ1) is 8.20. The minimum absolute atomic E-state index is 0.0701. The number of anilines is 1. The number of carbonyl (C=O) groups is 1. The number of nitrogens with two attached hydrogens (primary N) is 1. The first kappa shape index (κ1) is 11.8. The SMILES string of the molecule is Nc1ncn(CC(=O)N2CCOCC2CO)n1. The molecule has 2 rings (SSSR count). The van der Waals surface area contributed by atoms with Gasteiger partial charge in [-0.05, 0) is 0 Å². The molecule has 1 aliphatic heterocycles. The Bertz CT molecular complexity index is 394. The zero-order valence-electron chi connectivity index (χ0n) is 9.32. The second-order valence-corrected chi connectivity index (χ2v) is 3.80. The number of aliphatic hydroxyl groups is 1. The standard InChI is InChI=1S/C9H15N5O3/c10-9-11-6-13(12-9)3-8(16)14-1-2-17-5-7(14)4-15/h6-7,15H,1-5H2,(H2,10,12). The zero-order chi connectivity index (χ0) is 12.3. The summed E-state index contributed by atoms with van der Waals surface area (Å²) in [5.74, 6) is 0.00994. The third-order valence-corrected chi connectivity index (χ3v) is 2.61. The van der Waals surface area contributed by atoms with Crippen molar-refractivity contribution in [1.82, 2.24) is 19.7 Å². The summed E-state index contributed by atoms with van der Waals surface area (Å²) in [6.07, 6.45) is 1.40. The predicted octanol–water partition coefficient (Wildman–Crippen LogP) is -1.92. The first-order valence-electron chi connectivity index (χ1n) is 5.33. The van der Waals surface area contributed by atoms with Gasteiger partial charge in [0.2, 0.25) is 11.9 Å². The maximum atomic E-state index is 12.0. The van der Waals surface area contributed by atoms with E-state index in [0.29, 0.717) is 19.8 Å². The van der Waals surface area contributed by atoms with Crippen LogP contribution in [0.2, 0.25) is 0 Å². The fraction of sp³-hybridized carbons (Fsp3) is 0.667. The van der Waals surface area contributed by atoms with Gasteiger partial charge in [-0.3, -0.25) is 4.79 Å². The van der Waals surface area contributed by atoms with Crippen LogP contribution in [0.15, 0.2) is 6.33 Å². The Morgan fingerprint density at radius 1 is 1.71 bits per heavy atom. The molecule has 1 aromatic rings. The highest BCUT2D eigenvalue weighted by Crippen LogP contribution is 2.07. The van der Waals surface area contributed by atoms with Crippen LogP contribution in [-0.4, -0.2) is 63.1 Å². The largest absolute Gasteiger partial charge is 0.394 e. The number of nitrogens with zero attached hydrogens (tertiary/aromatic N) is 4. The van der Waals surface area contributed by atoms with E-state index in [0.717, 1.165) is 0 Å². The molecule has 2 heterocycles. The van der Waals surface area contributed by atoms with Crippen LogP contribution >= 0.6 is 0 Å². The van der Waals surface area contributed by atoms with E-state index in [-0.39, 0.29) is 31.0 Å². The topological polar surface area (TPSA) is 106 Å². The number of rotatable bonds is 3. The summed E-state index contributed by atoms with van der Waals surface area (Å²) in [5.41, 5.74) is 5.36. The van der Waals surface area contributed by atoms with Crippen LogP contribution in [0.5, 0.6) is 0 Å². The lowest BCUT2D eigenvalue weighted by molar-refractivity contribution is -0.142. The number of hydrogen-bond acceptors (Lipinski definition) is 6. The molecule has 0 bridgehead atoms. The summed E-state index contributed by atoms with van der Waals surface area (Å²) < 4.78 is 6.58. The Hall–Kier alpha value is -1.67. The lowest BCUT2D eigenvalue weighted by Gasteiger charge is -2.34. The van der Waals surface area contributed by atoms with Gasteiger partial charge in [-0.15, -0.1) is 5.10 Å². The second kappa shape index (κ2) is 5.11. The minimum atomic E-state index is -0.280. The summed E-state index contributed by atoms with van der Waals surface area (Å²) in [6.45, 7) is 1.30. The summed E-state index contributed by atoms with van der Waals surface area (Å²) in [5, 5.41) is 13.0. The van der Waals surface area contributed by atoms with Crippen molar-refractivity contribution in [3.05, 3.63) is 6.33 Å². The van der Waals surface area contributed by atoms with Crippen LogP contribution in [0.3, 0.4) is 0 Å². The monoisotopic (exact) mass is 241 g/mol. The van der Waals surface area contributed by atoms with Crippen molar-refractivity contribution in [2.75, 3.05) is 32.1 Å². The van der Waals surface area contributed by atoms with Gasteiger partial charge >= 0.3 is 0 Å². The quantitative estimate of drug-likeness (QED) is 0.639. The van der Waals surface area contributed by atoms with Crippen molar-refractivity contribution < 1.29 is 14.6 Å². The smallest absolute Gasteiger partial charge is 0.244 e. The van der Waals surface area contributed by atoms with Gasteiger partial charge in [0.05, 0.1) is 25.9 Å². The molecule has 0 radical (unpaired) electrons. The molecule has 1 amide bonds. The van der Waals surface area contributed by atoms with E-state index in [1.807, 2.05) is 0 Å². The number of morpholine rings is 1. The third-order valence-electron chi connectivity index (χ3n) is 2.61. The fourth-order valence-electron chi connectivity index (χ4n) is 1.75. The molecule has 1 saturated heterocycles. The molecule has 17 heavy (non-hydrogen) atoms. The van der Waals surface area contributed by atoms with Crippen LogP contribution in [0.1, 0.15) is 0 Å². The molecule has 3 N–H and O–H groups in total. The molecular weight excluding hydrogens is 226 g/mol. The summed E-state index contributed by atoms with van der Waals surface area (Å²) >= 11 is 0. The van der Waals surface area contributed by atoms with Gasteiger partial charge in [0.15, 0.2) is 0 Å². The molecule has 1 unspecified atom stereocenters. The molecule has 1 atom stereocenters. The Morgan fingerprint density at radius 2 is 2.53 bits per heavy atom. The van der Waals surface area contributed by atoms with Gasteiger partial charge in [-0.1, -0.05) is 0 Å². The van der Waals surface area contributed by atoms with E-state index >= 15 is 0 Å². The third kappa shape index (κ3) is 2.71. The molecule has 0 saturated carbocycles. The number of hydrogen-bond donors (Lipinski definition) is 2. The number of nitrogen functional groups attached to an aromatic ring is 1. The maximum absolute atomic E-state index is 12.0. The van der Waals surface area contributed by atoms with Crippen LogP contribution in [0.25, 0.3) is 0 Å². The van der Waals surface area contributed by atoms with Crippen molar-refractivity contribution in [3.63, 3.8) is 0 Å². The summed E-state index contributed by atoms with van der Waals surface area (Å²) in [4.78, 5) is 17.3. The Kier molecular flexibility index (Phi) is 3.55. The van der Waals surface area contributed by atoms with Gasteiger partial charge in [-0.25, -0.2) is 9.67 Å². The molecule has 0 spiro atoms. The highest BCUT2D eigenvalue weighted by molar-refractivity contribution is 5.76. The molecule has 0 aliphatic carbocycles. The molecule has 94 valence electrons. The zero-order valence-corrected chi connectivity index (χ0v) is 9.32. The predicted molar refractivity (Wildman–Crippen MR) is 57.8 cm³/mol. The van der Waals surface area contributed by atoms with Crippen LogP contribution in [-0.2, 0) is 16.1 Å². The lowest BCUT2D eigenvalue weighted by Crippen LogP contribution is -2.51. The number of aliphatic hydroxyl groups excluding tert-OH is 1. The average molecular weight is 241 g/mol. The normalized spacial score (nSPS) is 20.5. The van der Waals surface area contributed by atoms with Crippen molar-refractivity contribution >= 4 is 11.9 Å². The number of aromatic nitrogens is 3. The maximum Gasteiger partial charge on any atom is 0.244 e. The molecular formula is C9H15N5O3. The van der Waals surface area contributed by atoms with E-state index < -0.39 is 0 Å². The average Bonchev–Trinajstić information content (AvgIpc) is 2.74. The lowest BCUT2D eigenvalue weighted by atomic mass is 10.2. The van der Waals surface area contributed by atoms with Crippen molar-refractivity contribution in [1.29, 1.82) is 0 Å². The van der Waals surface area contributed by atoms with E-state index in [1.54, 1.807) is 4.90 Å². The molecule has 8 nitrogen and oxygen atoms in total. The highest BCUT2D eigenvalue weighted by atomic mass is 16.5. The Morgan fingerprint density at radius 3 is 3.18 bits per heavy atom. The second-order valence-electron chi connectivity index (χ2n) is 3.80. The van der Waals surface area contributed by atoms with Crippen molar-refractivity contribution in [3.8, 4) is 0 Å². The van der Waals surface area contributed by atoms with E-state index in [4.69, 9.17) is 15.6 Å².